The average Bonchev–Trinajstić information content (AvgIpc) is 2.77. The number of morpholine rings is 1. The second-order valence-corrected chi connectivity index (χ2v) is 6.92. The molecule has 0 bridgehead atoms. The molecule has 0 saturated carbocycles. The zero-order chi connectivity index (χ0) is 21.6. The number of unbranched alkanes of at least 4 members (excludes halogenated alkanes) is 1. The monoisotopic (exact) mass is 414 g/mol. The summed E-state index contributed by atoms with van der Waals surface area (Å²) in [5, 5.41) is 15.0. The summed E-state index contributed by atoms with van der Waals surface area (Å²) in [5.74, 6) is -1.07. The van der Waals surface area contributed by atoms with Crippen molar-refractivity contribution in [1.29, 1.82) is 5.26 Å². The van der Waals surface area contributed by atoms with E-state index in [4.69, 9.17) is 9.47 Å². The molecule has 1 heterocycles. The molecule has 8 nitrogen and oxygen atoms in total. The van der Waals surface area contributed by atoms with Gasteiger partial charge in [0.05, 0.1) is 31.1 Å². The summed E-state index contributed by atoms with van der Waals surface area (Å²) >= 11 is 0. The molecule has 8 heteroatoms. The molecule has 0 atom stereocenters. The predicted molar refractivity (Wildman–Crippen MR) is 114 cm³/mol. The van der Waals surface area contributed by atoms with Crippen LogP contribution in [-0.2, 0) is 14.3 Å². The van der Waals surface area contributed by atoms with Crippen molar-refractivity contribution in [2.24, 2.45) is 0 Å². The van der Waals surface area contributed by atoms with Crippen molar-refractivity contribution in [3.63, 3.8) is 0 Å². The molecule has 0 radical (unpaired) electrons. The number of rotatable bonds is 11. The summed E-state index contributed by atoms with van der Waals surface area (Å²) in [6, 6.07) is 8.50. The van der Waals surface area contributed by atoms with Gasteiger partial charge in [-0.05, 0) is 31.5 Å². The third kappa shape index (κ3) is 7.85. The predicted octanol–water partition coefficient (Wildman–Crippen LogP) is 2.30. The molecule has 30 heavy (non-hydrogen) atoms. The zero-order valence-corrected chi connectivity index (χ0v) is 17.5. The molecule has 2 N–H and O–H groups in total. The molecule has 1 amide bonds. The summed E-state index contributed by atoms with van der Waals surface area (Å²) in [5.41, 5.74) is 0.519. The highest BCUT2D eigenvalue weighted by Crippen LogP contribution is 2.17. The Hall–Kier alpha value is -2.89. The van der Waals surface area contributed by atoms with Crippen LogP contribution in [0.25, 0.3) is 0 Å². The number of amides is 1. The normalized spacial score (nSPS) is 14.6. The molecular weight excluding hydrogens is 384 g/mol. The molecule has 162 valence electrons. The number of hydrogen-bond donors (Lipinski definition) is 2. The number of benzene rings is 1. The first-order chi connectivity index (χ1) is 14.7. The fraction of sp³-hybridized carbons (Fsp3) is 0.500. The average molecular weight is 415 g/mol. The van der Waals surface area contributed by atoms with Crippen LogP contribution in [0.4, 0.5) is 5.69 Å². The third-order valence-corrected chi connectivity index (χ3v) is 4.64. The molecule has 1 aliphatic heterocycles. The van der Waals surface area contributed by atoms with Gasteiger partial charge < -0.3 is 20.1 Å². The summed E-state index contributed by atoms with van der Waals surface area (Å²) in [7, 11) is 0. The van der Waals surface area contributed by atoms with Crippen LogP contribution in [0.3, 0.4) is 0 Å². The smallest absolute Gasteiger partial charge is 0.340 e. The number of anilines is 1. The van der Waals surface area contributed by atoms with Crippen LogP contribution >= 0.6 is 0 Å². The Morgan fingerprint density at radius 3 is 2.77 bits per heavy atom. The number of nitriles is 1. The van der Waals surface area contributed by atoms with Crippen LogP contribution in [0.1, 0.15) is 36.5 Å². The maximum atomic E-state index is 12.5. The van der Waals surface area contributed by atoms with Crippen LogP contribution in [0, 0.1) is 11.3 Å². The SMILES string of the molecule is CCCCOC(=O)c1ccccc1NC(=O)/C(C#N)=C\NCCCN1CCOCC1. The highest BCUT2D eigenvalue weighted by Gasteiger charge is 2.16. The minimum absolute atomic E-state index is 0.0597. The van der Waals surface area contributed by atoms with Gasteiger partial charge in [-0.15, -0.1) is 0 Å². The first kappa shape index (κ1) is 23.4. The van der Waals surface area contributed by atoms with Crippen molar-refractivity contribution in [3.8, 4) is 6.07 Å². The van der Waals surface area contributed by atoms with Crippen molar-refractivity contribution in [2.75, 3.05) is 51.3 Å². The molecule has 1 saturated heterocycles. The van der Waals surface area contributed by atoms with Gasteiger partial charge in [-0.25, -0.2) is 4.79 Å². The molecule has 1 aromatic rings. The number of hydrogen-bond acceptors (Lipinski definition) is 7. The Balaban J connectivity index is 1.86. The first-order valence-electron chi connectivity index (χ1n) is 10.4. The largest absolute Gasteiger partial charge is 0.462 e. The lowest BCUT2D eigenvalue weighted by Crippen LogP contribution is -2.37. The Morgan fingerprint density at radius 1 is 1.27 bits per heavy atom. The fourth-order valence-corrected chi connectivity index (χ4v) is 2.90. The van der Waals surface area contributed by atoms with Crippen molar-refractivity contribution in [2.45, 2.75) is 26.2 Å². The molecular formula is C22H30N4O4. The van der Waals surface area contributed by atoms with E-state index in [0.29, 0.717) is 18.8 Å². The number of carbonyl (C=O) groups excluding carboxylic acids is 2. The molecule has 1 fully saturated rings. The number of ether oxygens (including phenoxy) is 2. The second kappa shape index (κ2) is 13.4. The van der Waals surface area contributed by atoms with Crippen molar-refractivity contribution >= 4 is 17.6 Å². The lowest BCUT2D eigenvalue weighted by atomic mass is 10.1. The minimum atomic E-state index is -0.577. The van der Waals surface area contributed by atoms with E-state index in [2.05, 4.69) is 15.5 Å². The standard InChI is InChI=1S/C22H30N4O4/c1-2-3-13-30-22(28)19-7-4-5-8-20(19)25-21(27)18(16-23)17-24-9-6-10-26-11-14-29-15-12-26/h4-5,7-8,17,24H,2-3,6,9-15H2,1H3,(H,25,27)/b18-17-. The highest BCUT2D eigenvalue weighted by atomic mass is 16.5. The van der Waals surface area contributed by atoms with Crippen molar-refractivity contribution in [3.05, 3.63) is 41.6 Å². The third-order valence-electron chi connectivity index (χ3n) is 4.64. The Kier molecular flexibility index (Phi) is 10.4. The second-order valence-electron chi connectivity index (χ2n) is 6.92. The maximum Gasteiger partial charge on any atom is 0.340 e. The van der Waals surface area contributed by atoms with Crippen LogP contribution in [0.5, 0.6) is 0 Å². The van der Waals surface area contributed by atoms with Gasteiger partial charge in [-0.1, -0.05) is 25.5 Å². The Morgan fingerprint density at radius 2 is 2.03 bits per heavy atom. The first-order valence-corrected chi connectivity index (χ1v) is 10.4. The maximum absolute atomic E-state index is 12.5. The van der Waals surface area contributed by atoms with E-state index in [-0.39, 0.29) is 11.1 Å². The van der Waals surface area contributed by atoms with Crippen LogP contribution in [-0.4, -0.2) is 62.8 Å². The molecule has 0 unspecified atom stereocenters. The summed E-state index contributed by atoms with van der Waals surface area (Å²) in [6.07, 6.45) is 4.00. The lowest BCUT2D eigenvalue weighted by molar-refractivity contribution is -0.112. The van der Waals surface area contributed by atoms with Crippen LogP contribution < -0.4 is 10.6 Å². The van der Waals surface area contributed by atoms with E-state index >= 15 is 0 Å². The lowest BCUT2D eigenvalue weighted by Gasteiger charge is -2.26. The van der Waals surface area contributed by atoms with Gasteiger partial charge in [-0.3, -0.25) is 9.69 Å². The fourth-order valence-electron chi connectivity index (χ4n) is 2.90. The van der Waals surface area contributed by atoms with Gasteiger partial charge in [0.2, 0.25) is 0 Å². The number of esters is 1. The van der Waals surface area contributed by atoms with Crippen LogP contribution in [0.15, 0.2) is 36.0 Å². The van der Waals surface area contributed by atoms with E-state index in [0.717, 1.165) is 52.1 Å². The Bertz CT molecular complexity index is 767. The van der Waals surface area contributed by atoms with Gasteiger partial charge in [0.1, 0.15) is 11.6 Å². The Labute approximate surface area is 177 Å². The van der Waals surface area contributed by atoms with Crippen LogP contribution in [0.2, 0.25) is 0 Å². The highest BCUT2D eigenvalue weighted by molar-refractivity contribution is 6.09. The summed E-state index contributed by atoms with van der Waals surface area (Å²) < 4.78 is 10.5. The molecule has 0 aromatic heterocycles. The topological polar surface area (TPSA) is 104 Å². The van der Waals surface area contributed by atoms with E-state index in [1.54, 1.807) is 24.3 Å². The van der Waals surface area contributed by atoms with Gasteiger partial charge in [0, 0.05) is 25.8 Å². The van der Waals surface area contributed by atoms with Crippen molar-refractivity contribution in [1.82, 2.24) is 10.2 Å². The number of carbonyl (C=O) groups is 2. The van der Waals surface area contributed by atoms with E-state index in [1.807, 2.05) is 13.0 Å². The number of para-hydroxylation sites is 1. The molecule has 0 aliphatic carbocycles. The van der Waals surface area contributed by atoms with Crippen molar-refractivity contribution < 1.29 is 19.1 Å². The quantitative estimate of drug-likeness (QED) is 0.248. The molecule has 2 rings (SSSR count). The molecule has 1 aromatic carbocycles. The number of nitrogens with one attached hydrogen (secondary N) is 2. The van der Waals surface area contributed by atoms with E-state index in [1.165, 1.54) is 6.20 Å². The number of nitrogens with zero attached hydrogens (tertiary/aromatic N) is 2. The van der Waals surface area contributed by atoms with Gasteiger partial charge in [0.25, 0.3) is 5.91 Å². The minimum Gasteiger partial charge on any atom is -0.462 e. The molecule has 1 aliphatic rings. The summed E-state index contributed by atoms with van der Waals surface area (Å²) in [4.78, 5) is 27.1. The van der Waals surface area contributed by atoms with Gasteiger partial charge in [-0.2, -0.15) is 5.26 Å². The zero-order valence-electron chi connectivity index (χ0n) is 17.5. The summed E-state index contributed by atoms with van der Waals surface area (Å²) in [6.45, 7) is 7.31. The van der Waals surface area contributed by atoms with E-state index < -0.39 is 11.9 Å². The van der Waals surface area contributed by atoms with E-state index in [9.17, 15) is 14.9 Å². The molecule has 0 spiro atoms. The van der Waals surface area contributed by atoms with Gasteiger partial charge >= 0.3 is 5.97 Å². The van der Waals surface area contributed by atoms with Gasteiger partial charge in [0.15, 0.2) is 0 Å².